The van der Waals surface area contributed by atoms with E-state index in [-0.39, 0.29) is 19.2 Å². The van der Waals surface area contributed by atoms with Gasteiger partial charge in [-0.3, -0.25) is 9.78 Å². The molecule has 0 atom stereocenters. The molecular formula is C21H16F6N2OS. The summed E-state index contributed by atoms with van der Waals surface area (Å²) in [5.74, 6) is -0.919. The Hall–Kier alpha value is -2.88. The van der Waals surface area contributed by atoms with Gasteiger partial charge in [0.05, 0.1) is 11.1 Å². The topological polar surface area (TPSA) is 33.2 Å². The van der Waals surface area contributed by atoms with Gasteiger partial charge in [-0.15, -0.1) is 11.3 Å². The van der Waals surface area contributed by atoms with Crippen molar-refractivity contribution in [3.05, 3.63) is 87.4 Å². The van der Waals surface area contributed by atoms with Crippen LogP contribution in [-0.2, 0) is 25.3 Å². The van der Waals surface area contributed by atoms with Crippen LogP contribution in [0, 0.1) is 0 Å². The lowest BCUT2D eigenvalue weighted by molar-refractivity contribution is -0.143. The third kappa shape index (κ3) is 6.06. The Labute approximate surface area is 178 Å². The zero-order valence-corrected chi connectivity index (χ0v) is 16.7. The van der Waals surface area contributed by atoms with Crippen molar-refractivity contribution in [3.63, 3.8) is 0 Å². The Bertz CT molecular complexity index is 984. The highest BCUT2D eigenvalue weighted by molar-refractivity contribution is 7.09. The third-order valence-electron chi connectivity index (χ3n) is 4.43. The van der Waals surface area contributed by atoms with Gasteiger partial charge in [0.15, 0.2) is 0 Å². The molecule has 0 fully saturated rings. The van der Waals surface area contributed by atoms with Crippen LogP contribution in [0.5, 0.6) is 0 Å². The number of carbonyl (C=O) groups is 1. The van der Waals surface area contributed by atoms with Crippen LogP contribution in [0.25, 0.3) is 0 Å². The highest BCUT2D eigenvalue weighted by Gasteiger charge is 2.38. The first-order chi connectivity index (χ1) is 14.5. The molecule has 0 spiro atoms. The maximum Gasteiger partial charge on any atom is 0.416 e. The van der Waals surface area contributed by atoms with Gasteiger partial charge in [0.25, 0.3) is 5.91 Å². The zero-order valence-electron chi connectivity index (χ0n) is 15.9. The van der Waals surface area contributed by atoms with Crippen LogP contribution in [0.15, 0.2) is 60.2 Å². The molecule has 2 aromatic heterocycles. The Balaban J connectivity index is 1.96. The SMILES string of the molecule is O=C(c1cc(C(F)(F)F)cc(C(F)(F)F)c1)N(CCc1cccs1)Cc1cccnc1. The minimum absolute atomic E-state index is 0.00432. The number of nitrogens with zero attached hydrogens (tertiary/aromatic N) is 2. The fraction of sp³-hybridized carbons (Fsp3) is 0.238. The quantitative estimate of drug-likeness (QED) is 0.421. The lowest BCUT2D eigenvalue weighted by atomic mass is 10.0. The fourth-order valence-corrected chi connectivity index (χ4v) is 3.62. The van der Waals surface area contributed by atoms with Crippen molar-refractivity contribution in [2.24, 2.45) is 0 Å². The normalized spacial score (nSPS) is 12.1. The van der Waals surface area contributed by atoms with Crippen LogP contribution in [0.3, 0.4) is 0 Å². The maximum atomic E-state index is 13.2. The van der Waals surface area contributed by atoms with E-state index in [1.165, 1.54) is 28.6 Å². The van der Waals surface area contributed by atoms with Crippen molar-refractivity contribution in [3.8, 4) is 0 Å². The van der Waals surface area contributed by atoms with Crippen molar-refractivity contribution in [2.45, 2.75) is 25.3 Å². The van der Waals surface area contributed by atoms with E-state index in [4.69, 9.17) is 0 Å². The molecular weight excluding hydrogens is 442 g/mol. The van der Waals surface area contributed by atoms with Crippen LogP contribution in [0.4, 0.5) is 26.3 Å². The zero-order chi connectivity index (χ0) is 22.6. The number of aromatic nitrogens is 1. The monoisotopic (exact) mass is 458 g/mol. The molecule has 3 aromatic rings. The van der Waals surface area contributed by atoms with E-state index in [0.29, 0.717) is 24.1 Å². The minimum atomic E-state index is -5.03. The number of halogens is 6. The van der Waals surface area contributed by atoms with Crippen molar-refractivity contribution in [2.75, 3.05) is 6.54 Å². The van der Waals surface area contributed by atoms with E-state index in [1.807, 2.05) is 17.5 Å². The molecule has 1 amide bonds. The van der Waals surface area contributed by atoms with Gasteiger partial charge in [0.1, 0.15) is 0 Å². The molecule has 0 aliphatic rings. The second-order valence-electron chi connectivity index (χ2n) is 6.71. The van der Waals surface area contributed by atoms with Crippen LogP contribution in [-0.4, -0.2) is 22.3 Å². The van der Waals surface area contributed by atoms with Crippen LogP contribution in [0.2, 0.25) is 0 Å². The standard InChI is InChI=1S/C21H16F6N2OS/c22-20(23,24)16-9-15(10-17(11-16)21(25,26)27)19(30)29(7-5-18-4-2-8-31-18)13-14-3-1-6-28-12-14/h1-4,6,8-12H,5,7,13H2. The molecule has 0 N–H and O–H groups in total. The Kier molecular flexibility index (Phi) is 6.68. The van der Waals surface area contributed by atoms with Crippen LogP contribution < -0.4 is 0 Å². The molecule has 0 aliphatic carbocycles. The molecule has 31 heavy (non-hydrogen) atoms. The highest BCUT2D eigenvalue weighted by atomic mass is 32.1. The van der Waals surface area contributed by atoms with Gasteiger partial charge in [-0.05, 0) is 47.7 Å². The number of hydrogen-bond acceptors (Lipinski definition) is 3. The van der Waals surface area contributed by atoms with Crippen molar-refractivity contribution >= 4 is 17.2 Å². The third-order valence-corrected chi connectivity index (χ3v) is 5.36. The predicted molar refractivity (Wildman–Crippen MR) is 103 cm³/mol. The maximum absolute atomic E-state index is 13.2. The number of rotatable bonds is 6. The molecule has 3 nitrogen and oxygen atoms in total. The molecule has 2 heterocycles. The Morgan fingerprint density at radius 3 is 2.16 bits per heavy atom. The second kappa shape index (κ2) is 9.09. The highest BCUT2D eigenvalue weighted by Crippen LogP contribution is 2.36. The second-order valence-corrected chi connectivity index (χ2v) is 7.74. The van der Waals surface area contributed by atoms with E-state index in [0.717, 1.165) is 4.88 Å². The predicted octanol–water partition coefficient (Wildman–Crippen LogP) is 6.07. The first-order valence-corrected chi connectivity index (χ1v) is 9.92. The average Bonchev–Trinajstić information content (AvgIpc) is 3.23. The largest absolute Gasteiger partial charge is 0.416 e. The summed E-state index contributed by atoms with van der Waals surface area (Å²) in [6.45, 7) is 0.113. The number of benzene rings is 1. The number of amides is 1. The lowest BCUT2D eigenvalue weighted by Gasteiger charge is -2.24. The number of carbonyl (C=O) groups excluding carboxylic acids is 1. The molecule has 3 rings (SSSR count). The van der Waals surface area contributed by atoms with Gasteiger partial charge in [-0.1, -0.05) is 12.1 Å². The molecule has 164 valence electrons. The van der Waals surface area contributed by atoms with E-state index in [9.17, 15) is 31.1 Å². The van der Waals surface area contributed by atoms with Gasteiger partial charge in [0, 0.05) is 35.9 Å². The molecule has 1 aromatic carbocycles. The first kappa shape index (κ1) is 22.8. The Morgan fingerprint density at radius 1 is 0.968 bits per heavy atom. The van der Waals surface area contributed by atoms with E-state index < -0.39 is 35.0 Å². The van der Waals surface area contributed by atoms with Gasteiger partial charge >= 0.3 is 12.4 Å². The molecule has 0 radical (unpaired) electrons. The summed E-state index contributed by atoms with van der Waals surface area (Å²) in [5.41, 5.74) is -3.11. The van der Waals surface area contributed by atoms with Gasteiger partial charge in [0.2, 0.25) is 0 Å². The van der Waals surface area contributed by atoms with Gasteiger partial charge < -0.3 is 4.90 Å². The van der Waals surface area contributed by atoms with Crippen molar-refractivity contribution < 1.29 is 31.1 Å². The smallest absolute Gasteiger partial charge is 0.334 e. The molecule has 0 saturated heterocycles. The van der Waals surface area contributed by atoms with Gasteiger partial charge in [-0.25, -0.2) is 0 Å². The summed E-state index contributed by atoms with van der Waals surface area (Å²) in [7, 11) is 0. The molecule has 0 saturated carbocycles. The number of hydrogen-bond donors (Lipinski definition) is 0. The van der Waals surface area contributed by atoms with Crippen molar-refractivity contribution in [1.82, 2.24) is 9.88 Å². The number of thiophene rings is 1. The molecule has 0 unspecified atom stereocenters. The number of alkyl halides is 6. The minimum Gasteiger partial charge on any atom is -0.334 e. The summed E-state index contributed by atoms with van der Waals surface area (Å²) < 4.78 is 79.1. The molecule has 0 bridgehead atoms. The summed E-state index contributed by atoms with van der Waals surface area (Å²) in [4.78, 5) is 19.1. The average molecular weight is 458 g/mol. The summed E-state index contributed by atoms with van der Waals surface area (Å²) in [6, 6.07) is 7.87. The number of pyridine rings is 1. The molecule has 10 heteroatoms. The Morgan fingerprint density at radius 2 is 1.65 bits per heavy atom. The molecule has 0 aliphatic heterocycles. The first-order valence-electron chi connectivity index (χ1n) is 9.04. The fourth-order valence-electron chi connectivity index (χ4n) is 2.93. The van der Waals surface area contributed by atoms with E-state index in [1.54, 1.807) is 12.1 Å². The summed E-state index contributed by atoms with van der Waals surface area (Å²) in [6.07, 6.45) is -6.64. The van der Waals surface area contributed by atoms with E-state index in [2.05, 4.69) is 4.98 Å². The van der Waals surface area contributed by atoms with Crippen LogP contribution in [0.1, 0.15) is 31.9 Å². The van der Waals surface area contributed by atoms with Crippen molar-refractivity contribution in [1.29, 1.82) is 0 Å². The summed E-state index contributed by atoms with van der Waals surface area (Å²) in [5, 5.41) is 1.84. The van der Waals surface area contributed by atoms with E-state index >= 15 is 0 Å². The van der Waals surface area contributed by atoms with Crippen LogP contribution >= 0.6 is 11.3 Å². The summed E-state index contributed by atoms with van der Waals surface area (Å²) >= 11 is 1.44. The van der Waals surface area contributed by atoms with Gasteiger partial charge in [-0.2, -0.15) is 26.3 Å². The lowest BCUT2D eigenvalue weighted by Crippen LogP contribution is -2.33.